The molecular formula is C15H23NO2. The molecule has 1 aromatic rings. The first-order valence-corrected chi connectivity index (χ1v) is 6.48. The molecule has 0 aliphatic rings. The molecule has 2 N–H and O–H groups in total. The van der Waals surface area contributed by atoms with E-state index in [1.54, 1.807) is 0 Å². The Morgan fingerprint density at radius 2 is 1.83 bits per heavy atom. The van der Waals surface area contributed by atoms with Crippen LogP contribution in [0, 0.1) is 20.8 Å². The summed E-state index contributed by atoms with van der Waals surface area (Å²) in [6, 6.07) is 4.15. The summed E-state index contributed by atoms with van der Waals surface area (Å²) in [5.41, 5.74) is 4.73. The van der Waals surface area contributed by atoms with E-state index in [4.69, 9.17) is 5.11 Å². The highest BCUT2D eigenvalue weighted by atomic mass is 16.4. The molecule has 1 aromatic carbocycles. The highest BCUT2D eigenvalue weighted by Crippen LogP contribution is 2.24. The summed E-state index contributed by atoms with van der Waals surface area (Å²) in [6.45, 7) is 9.11. The SMILES string of the molecule is CCCNC(CC(=O)O)c1cc(C)c(C)cc1C. The Labute approximate surface area is 109 Å². The van der Waals surface area contributed by atoms with E-state index in [0.29, 0.717) is 0 Å². The van der Waals surface area contributed by atoms with Crippen LogP contribution in [0.4, 0.5) is 0 Å². The lowest BCUT2D eigenvalue weighted by molar-refractivity contribution is -0.137. The van der Waals surface area contributed by atoms with Gasteiger partial charge in [0, 0.05) is 6.04 Å². The molecule has 0 aliphatic heterocycles. The Morgan fingerprint density at radius 1 is 1.22 bits per heavy atom. The minimum atomic E-state index is -0.763. The molecule has 0 saturated heterocycles. The number of rotatable bonds is 6. The molecule has 0 spiro atoms. The van der Waals surface area contributed by atoms with Crippen LogP contribution in [0.3, 0.4) is 0 Å². The van der Waals surface area contributed by atoms with Gasteiger partial charge in [-0.15, -0.1) is 0 Å². The summed E-state index contributed by atoms with van der Waals surface area (Å²) in [4.78, 5) is 11.0. The molecule has 1 atom stereocenters. The van der Waals surface area contributed by atoms with Gasteiger partial charge in [-0.3, -0.25) is 4.79 Å². The normalized spacial score (nSPS) is 12.4. The van der Waals surface area contributed by atoms with E-state index < -0.39 is 5.97 Å². The molecule has 0 aromatic heterocycles. The Balaban J connectivity index is 3.03. The van der Waals surface area contributed by atoms with Crippen LogP contribution in [-0.4, -0.2) is 17.6 Å². The van der Waals surface area contributed by atoms with Crippen molar-refractivity contribution in [1.29, 1.82) is 0 Å². The second-order valence-corrected chi connectivity index (χ2v) is 4.90. The van der Waals surface area contributed by atoms with Gasteiger partial charge in [0.05, 0.1) is 6.42 Å². The number of hydrogen-bond donors (Lipinski definition) is 2. The first-order valence-electron chi connectivity index (χ1n) is 6.48. The topological polar surface area (TPSA) is 49.3 Å². The number of benzene rings is 1. The Kier molecular flexibility index (Phi) is 5.35. The molecule has 0 amide bonds. The Hall–Kier alpha value is -1.35. The van der Waals surface area contributed by atoms with Crippen LogP contribution in [0.1, 0.15) is 48.1 Å². The van der Waals surface area contributed by atoms with Crippen molar-refractivity contribution in [1.82, 2.24) is 5.32 Å². The number of aliphatic carboxylic acids is 1. The van der Waals surface area contributed by atoms with Gasteiger partial charge in [0.15, 0.2) is 0 Å². The molecule has 3 heteroatoms. The second-order valence-electron chi connectivity index (χ2n) is 4.90. The summed E-state index contributed by atoms with van der Waals surface area (Å²) in [5, 5.41) is 12.3. The van der Waals surface area contributed by atoms with E-state index in [1.807, 2.05) is 6.92 Å². The van der Waals surface area contributed by atoms with Gasteiger partial charge >= 0.3 is 5.97 Å². The number of hydrogen-bond acceptors (Lipinski definition) is 2. The zero-order valence-electron chi connectivity index (χ0n) is 11.7. The molecule has 1 unspecified atom stereocenters. The van der Waals surface area contributed by atoms with E-state index >= 15 is 0 Å². The summed E-state index contributed by atoms with van der Waals surface area (Å²) >= 11 is 0. The minimum absolute atomic E-state index is 0.0956. The fourth-order valence-corrected chi connectivity index (χ4v) is 2.14. The largest absolute Gasteiger partial charge is 0.481 e. The van der Waals surface area contributed by atoms with E-state index in [0.717, 1.165) is 24.1 Å². The maximum Gasteiger partial charge on any atom is 0.305 e. The molecule has 0 saturated carbocycles. The number of aryl methyl sites for hydroxylation is 3. The van der Waals surface area contributed by atoms with E-state index in [1.165, 1.54) is 11.1 Å². The van der Waals surface area contributed by atoms with Gasteiger partial charge in [-0.2, -0.15) is 0 Å². The number of carboxylic acid groups (broad SMARTS) is 1. The lowest BCUT2D eigenvalue weighted by atomic mass is 9.94. The molecule has 18 heavy (non-hydrogen) atoms. The van der Waals surface area contributed by atoms with Crippen molar-refractivity contribution in [3.63, 3.8) is 0 Å². The maximum absolute atomic E-state index is 11.0. The van der Waals surface area contributed by atoms with Gasteiger partial charge in [0.2, 0.25) is 0 Å². The van der Waals surface area contributed by atoms with Crippen molar-refractivity contribution in [2.45, 2.75) is 46.6 Å². The predicted octanol–water partition coefficient (Wildman–Crippen LogP) is 3.13. The summed E-state index contributed by atoms with van der Waals surface area (Å²) in [6.07, 6.45) is 1.13. The average Bonchev–Trinajstić information content (AvgIpc) is 2.29. The van der Waals surface area contributed by atoms with Gasteiger partial charge < -0.3 is 10.4 Å². The highest BCUT2D eigenvalue weighted by Gasteiger charge is 2.17. The van der Waals surface area contributed by atoms with Crippen LogP contribution >= 0.6 is 0 Å². The smallest absolute Gasteiger partial charge is 0.305 e. The molecule has 100 valence electrons. The van der Waals surface area contributed by atoms with Crippen molar-refractivity contribution >= 4 is 5.97 Å². The van der Waals surface area contributed by atoms with Crippen LogP contribution in [0.5, 0.6) is 0 Å². The van der Waals surface area contributed by atoms with Gasteiger partial charge in [0.25, 0.3) is 0 Å². The van der Waals surface area contributed by atoms with Gasteiger partial charge in [-0.1, -0.05) is 19.1 Å². The van der Waals surface area contributed by atoms with Crippen molar-refractivity contribution < 1.29 is 9.90 Å². The monoisotopic (exact) mass is 249 g/mol. The molecule has 0 fully saturated rings. The molecule has 0 bridgehead atoms. The third-order valence-electron chi connectivity index (χ3n) is 3.28. The van der Waals surface area contributed by atoms with Crippen LogP contribution < -0.4 is 5.32 Å². The summed E-state index contributed by atoms with van der Waals surface area (Å²) in [5.74, 6) is -0.763. The third-order valence-corrected chi connectivity index (χ3v) is 3.28. The van der Waals surface area contributed by atoms with Crippen molar-refractivity contribution in [2.24, 2.45) is 0 Å². The molecule has 0 radical (unpaired) electrons. The lowest BCUT2D eigenvalue weighted by Gasteiger charge is -2.20. The van der Waals surface area contributed by atoms with E-state index in [9.17, 15) is 4.79 Å². The first-order chi connectivity index (χ1) is 8.45. The Morgan fingerprint density at radius 3 is 2.39 bits per heavy atom. The molecular weight excluding hydrogens is 226 g/mol. The minimum Gasteiger partial charge on any atom is -0.481 e. The highest BCUT2D eigenvalue weighted by molar-refractivity contribution is 5.68. The van der Waals surface area contributed by atoms with Gasteiger partial charge in [-0.05, 0) is 56.0 Å². The number of carboxylic acids is 1. The third kappa shape index (κ3) is 3.84. The first kappa shape index (κ1) is 14.7. The van der Waals surface area contributed by atoms with Crippen molar-refractivity contribution in [3.8, 4) is 0 Å². The van der Waals surface area contributed by atoms with E-state index in [2.05, 4.69) is 38.2 Å². The van der Waals surface area contributed by atoms with Crippen LogP contribution in [0.25, 0.3) is 0 Å². The Bertz CT molecular complexity index is 427. The average molecular weight is 249 g/mol. The van der Waals surface area contributed by atoms with E-state index in [-0.39, 0.29) is 12.5 Å². The fraction of sp³-hybridized carbons (Fsp3) is 0.533. The zero-order chi connectivity index (χ0) is 13.7. The fourth-order valence-electron chi connectivity index (χ4n) is 2.14. The van der Waals surface area contributed by atoms with Crippen LogP contribution in [0.15, 0.2) is 12.1 Å². The van der Waals surface area contributed by atoms with Crippen molar-refractivity contribution in [2.75, 3.05) is 6.54 Å². The van der Waals surface area contributed by atoms with Gasteiger partial charge in [-0.25, -0.2) is 0 Å². The van der Waals surface area contributed by atoms with Crippen molar-refractivity contribution in [3.05, 3.63) is 34.4 Å². The van der Waals surface area contributed by atoms with Crippen LogP contribution in [0.2, 0.25) is 0 Å². The number of carbonyl (C=O) groups is 1. The standard InChI is InChI=1S/C15H23NO2/c1-5-6-16-14(9-15(17)18)13-8-11(3)10(2)7-12(13)4/h7-8,14,16H,5-6,9H2,1-4H3,(H,17,18). The predicted molar refractivity (Wildman–Crippen MR) is 73.9 cm³/mol. The second kappa shape index (κ2) is 6.55. The van der Waals surface area contributed by atoms with Gasteiger partial charge in [0.1, 0.15) is 0 Å². The maximum atomic E-state index is 11.0. The molecule has 0 aliphatic carbocycles. The summed E-state index contributed by atoms with van der Waals surface area (Å²) in [7, 11) is 0. The number of nitrogens with one attached hydrogen (secondary N) is 1. The molecule has 0 heterocycles. The zero-order valence-corrected chi connectivity index (χ0v) is 11.7. The quantitative estimate of drug-likeness (QED) is 0.814. The molecule has 1 rings (SSSR count). The summed E-state index contributed by atoms with van der Waals surface area (Å²) < 4.78 is 0. The van der Waals surface area contributed by atoms with Crippen LogP contribution in [-0.2, 0) is 4.79 Å². The molecule has 3 nitrogen and oxygen atoms in total. The lowest BCUT2D eigenvalue weighted by Crippen LogP contribution is -2.25.